The van der Waals surface area contributed by atoms with Crippen LogP contribution in [0.5, 0.6) is 0 Å². The Labute approximate surface area is 134 Å². The lowest BCUT2D eigenvalue weighted by molar-refractivity contribution is 0.628. The first-order valence-corrected chi connectivity index (χ1v) is 7.23. The van der Waals surface area contributed by atoms with E-state index in [1.165, 1.54) is 18.3 Å². The van der Waals surface area contributed by atoms with Gasteiger partial charge in [0, 0.05) is 15.8 Å². The Morgan fingerprint density at radius 1 is 0.955 bits per heavy atom. The summed E-state index contributed by atoms with van der Waals surface area (Å²) in [6.07, 6.45) is 1.50. The van der Waals surface area contributed by atoms with Crippen LogP contribution < -0.4 is 10.6 Å². The Morgan fingerprint density at radius 3 is 2.55 bits per heavy atom. The monoisotopic (exact) mass is 359 g/mol. The summed E-state index contributed by atoms with van der Waals surface area (Å²) in [6.45, 7) is 0. The summed E-state index contributed by atoms with van der Waals surface area (Å²) in [6, 6.07) is 13.6. The number of anilines is 4. The summed E-state index contributed by atoms with van der Waals surface area (Å²) in [5, 5.41) is 13.9. The normalized spacial score (nSPS) is 10.3. The number of aromatic nitrogens is 3. The van der Waals surface area contributed by atoms with E-state index in [2.05, 4.69) is 41.7 Å². The van der Waals surface area contributed by atoms with Crippen LogP contribution in [0.25, 0.3) is 0 Å². The van der Waals surface area contributed by atoms with Crippen LogP contribution in [-0.4, -0.2) is 15.2 Å². The van der Waals surface area contributed by atoms with Crippen LogP contribution >= 0.6 is 15.9 Å². The first-order chi connectivity index (χ1) is 10.7. The highest BCUT2D eigenvalue weighted by Gasteiger charge is 2.02. The first-order valence-electron chi connectivity index (χ1n) is 6.44. The molecule has 7 heteroatoms. The fourth-order valence-corrected chi connectivity index (χ4v) is 2.19. The molecular formula is C15H11BrFN5. The van der Waals surface area contributed by atoms with Gasteiger partial charge in [0.05, 0.1) is 6.20 Å². The van der Waals surface area contributed by atoms with Gasteiger partial charge in [0.1, 0.15) is 5.82 Å². The second-order valence-electron chi connectivity index (χ2n) is 4.43. The summed E-state index contributed by atoms with van der Waals surface area (Å²) >= 11 is 3.40. The number of benzene rings is 2. The second-order valence-corrected chi connectivity index (χ2v) is 5.35. The van der Waals surface area contributed by atoms with Crippen molar-refractivity contribution in [1.82, 2.24) is 15.2 Å². The summed E-state index contributed by atoms with van der Waals surface area (Å²) < 4.78 is 13.8. The molecule has 0 amide bonds. The number of hydrogen-bond donors (Lipinski definition) is 2. The number of nitrogens with one attached hydrogen (secondary N) is 2. The Morgan fingerprint density at radius 2 is 1.77 bits per heavy atom. The number of halogens is 2. The molecular weight excluding hydrogens is 349 g/mol. The maximum Gasteiger partial charge on any atom is 0.249 e. The fourth-order valence-electron chi connectivity index (χ4n) is 1.79. The molecule has 5 nitrogen and oxygen atoms in total. The lowest BCUT2D eigenvalue weighted by atomic mass is 10.3. The average Bonchev–Trinajstić information content (AvgIpc) is 2.50. The van der Waals surface area contributed by atoms with E-state index in [1.54, 1.807) is 12.1 Å². The van der Waals surface area contributed by atoms with E-state index >= 15 is 0 Å². The third-order valence-corrected chi connectivity index (χ3v) is 3.25. The van der Waals surface area contributed by atoms with Crippen LogP contribution in [0.4, 0.5) is 27.5 Å². The van der Waals surface area contributed by atoms with Crippen molar-refractivity contribution in [2.45, 2.75) is 0 Å². The highest BCUT2D eigenvalue weighted by atomic mass is 79.9. The topological polar surface area (TPSA) is 62.7 Å². The SMILES string of the molecule is Fc1ccc(Nc2cnnc(Nc3cccc(Br)c3)n2)cc1. The van der Waals surface area contributed by atoms with Gasteiger partial charge in [-0.25, -0.2) is 4.39 Å². The maximum atomic E-state index is 12.9. The Kier molecular flexibility index (Phi) is 4.24. The summed E-state index contributed by atoms with van der Waals surface area (Å²) in [5.74, 6) is 0.590. The quantitative estimate of drug-likeness (QED) is 0.728. The highest BCUT2D eigenvalue weighted by molar-refractivity contribution is 9.10. The van der Waals surface area contributed by atoms with Gasteiger partial charge in [0.15, 0.2) is 5.82 Å². The van der Waals surface area contributed by atoms with Crippen molar-refractivity contribution in [3.05, 3.63) is 65.0 Å². The van der Waals surface area contributed by atoms with Gasteiger partial charge in [-0.3, -0.25) is 0 Å². The van der Waals surface area contributed by atoms with Crippen molar-refractivity contribution in [1.29, 1.82) is 0 Å². The van der Waals surface area contributed by atoms with E-state index < -0.39 is 0 Å². The van der Waals surface area contributed by atoms with E-state index in [-0.39, 0.29) is 5.82 Å². The minimum Gasteiger partial charge on any atom is -0.339 e. The molecule has 0 atom stereocenters. The van der Waals surface area contributed by atoms with Crippen LogP contribution in [0.1, 0.15) is 0 Å². The van der Waals surface area contributed by atoms with E-state index in [0.29, 0.717) is 11.8 Å². The third-order valence-electron chi connectivity index (χ3n) is 2.76. The van der Waals surface area contributed by atoms with Gasteiger partial charge < -0.3 is 10.6 Å². The summed E-state index contributed by atoms with van der Waals surface area (Å²) in [4.78, 5) is 4.31. The third kappa shape index (κ3) is 3.76. The van der Waals surface area contributed by atoms with E-state index in [9.17, 15) is 4.39 Å². The van der Waals surface area contributed by atoms with E-state index in [0.717, 1.165) is 15.8 Å². The molecule has 0 fully saturated rings. The van der Waals surface area contributed by atoms with E-state index in [4.69, 9.17) is 0 Å². The van der Waals surface area contributed by atoms with Gasteiger partial charge >= 0.3 is 0 Å². The standard InChI is InChI=1S/C15H11BrFN5/c16-10-2-1-3-13(8-10)20-15-21-14(9-18-22-15)19-12-6-4-11(17)5-7-12/h1-9H,(H2,19,20,21,22). The van der Waals surface area contributed by atoms with Gasteiger partial charge in [-0.2, -0.15) is 10.1 Å². The summed E-state index contributed by atoms with van der Waals surface area (Å²) in [5.41, 5.74) is 1.56. The van der Waals surface area contributed by atoms with Gasteiger partial charge in [0.2, 0.25) is 5.95 Å². The van der Waals surface area contributed by atoms with Crippen molar-refractivity contribution in [2.75, 3.05) is 10.6 Å². The van der Waals surface area contributed by atoms with Crippen molar-refractivity contribution in [3.8, 4) is 0 Å². The largest absolute Gasteiger partial charge is 0.339 e. The molecule has 0 radical (unpaired) electrons. The first kappa shape index (κ1) is 14.4. The molecule has 22 heavy (non-hydrogen) atoms. The molecule has 0 aliphatic carbocycles. The Hall–Kier alpha value is -2.54. The molecule has 2 aromatic carbocycles. The minimum absolute atomic E-state index is 0.289. The molecule has 0 saturated carbocycles. The number of rotatable bonds is 4. The van der Waals surface area contributed by atoms with Crippen LogP contribution in [0.15, 0.2) is 59.2 Å². The predicted molar refractivity (Wildman–Crippen MR) is 86.9 cm³/mol. The van der Waals surface area contributed by atoms with Gasteiger partial charge in [0.25, 0.3) is 0 Å². The van der Waals surface area contributed by atoms with Crippen molar-refractivity contribution in [3.63, 3.8) is 0 Å². The molecule has 0 aliphatic heterocycles. The van der Waals surface area contributed by atoms with Crippen molar-refractivity contribution < 1.29 is 4.39 Å². The molecule has 0 saturated heterocycles. The highest BCUT2D eigenvalue weighted by Crippen LogP contribution is 2.19. The fraction of sp³-hybridized carbons (Fsp3) is 0. The van der Waals surface area contributed by atoms with Crippen LogP contribution in [0.3, 0.4) is 0 Å². The predicted octanol–water partition coefficient (Wildman–Crippen LogP) is 4.26. The molecule has 0 bridgehead atoms. The molecule has 3 rings (SSSR count). The Balaban J connectivity index is 1.76. The minimum atomic E-state index is -0.289. The molecule has 3 aromatic rings. The van der Waals surface area contributed by atoms with Gasteiger partial charge in [-0.1, -0.05) is 22.0 Å². The van der Waals surface area contributed by atoms with Crippen molar-refractivity contribution in [2.24, 2.45) is 0 Å². The molecule has 110 valence electrons. The lowest BCUT2D eigenvalue weighted by Crippen LogP contribution is -2.02. The Bertz CT molecular complexity index is 779. The zero-order chi connectivity index (χ0) is 15.4. The smallest absolute Gasteiger partial charge is 0.249 e. The van der Waals surface area contributed by atoms with Gasteiger partial charge in [-0.15, -0.1) is 5.10 Å². The van der Waals surface area contributed by atoms with Crippen molar-refractivity contribution >= 4 is 39.1 Å². The second kappa shape index (κ2) is 6.48. The molecule has 1 heterocycles. The van der Waals surface area contributed by atoms with Crippen LogP contribution in [0.2, 0.25) is 0 Å². The van der Waals surface area contributed by atoms with Crippen LogP contribution in [0, 0.1) is 5.82 Å². The molecule has 0 aliphatic rings. The zero-order valence-corrected chi connectivity index (χ0v) is 12.9. The zero-order valence-electron chi connectivity index (χ0n) is 11.3. The summed E-state index contributed by atoms with van der Waals surface area (Å²) in [7, 11) is 0. The van der Waals surface area contributed by atoms with E-state index in [1.807, 2.05) is 24.3 Å². The average molecular weight is 360 g/mol. The molecule has 0 unspecified atom stereocenters. The maximum absolute atomic E-state index is 12.9. The van der Waals surface area contributed by atoms with Gasteiger partial charge in [-0.05, 0) is 42.5 Å². The van der Waals surface area contributed by atoms with Crippen LogP contribution in [-0.2, 0) is 0 Å². The molecule has 2 N–H and O–H groups in total. The lowest BCUT2D eigenvalue weighted by Gasteiger charge is -2.08. The number of hydrogen-bond acceptors (Lipinski definition) is 5. The molecule has 0 spiro atoms. The number of nitrogens with zero attached hydrogens (tertiary/aromatic N) is 3. The molecule has 1 aromatic heterocycles.